The molecule has 0 aliphatic carbocycles. The van der Waals surface area contributed by atoms with E-state index < -0.39 is 11.4 Å². The maximum Gasteiger partial charge on any atom is 0.142 e. The van der Waals surface area contributed by atoms with Crippen molar-refractivity contribution in [3.05, 3.63) is 70.2 Å². The average Bonchev–Trinajstić information content (AvgIpc) is 2.36. The Balaban J connectivity index is 2.09. The smallest absolute Gasteiger partial charge is 0.142 e. The van der Waals surface area contributed by atoms with Gasteiger partial charge >= 0.3 is 0 Å². The predicted molar refractivity (Wildman–Crippen MR) is 75.8 cm³/mol. The molecule has 1 N–H and O–H groups in total. The van der Waals surface area contributed by atoms with E-state index in [1.807, 2.05) is 0 Å². The number of rotatable bonds is 4. The molecule has 20 heavy (non-hydrogen) atoms. The van der Waals surface area contributed by atoms with Crippen LogP contribution in [0, 0.1) is 11.6 Å². The summed E-state index contributed by atoms with van der Waals surface area (Å²) in [6.07, 6.45) is 0.649. The van der Waals surface area contributed by atoms with Crippen LogP contribution in [-0.4, -0.2) is 10.7 Å². The van der Waals surface area contributed by atoms with Crippen molar-refractivity contribution in [2.75, 3.05) is 0 Å². The van der Waals surface area contributed by atoms with Crippen molar-refractivity contribution < 1.29 is 13.9 Å². The van der Waals surface area contributed by atoms with Crippen LogP contribution < -0.4 is 0 Å². The molecule has 1 unspecified atom stereocenters. The normalized spacial score (nSPS) is 14.1. The van der Waals surface area contributed by atoms with Crippen LogP contribution in [0.15, 0.2) is 42.5 Å². The van der Waals surface area contributed by atoms with Gasteiger partial charge in [0.25, 0.3) is 0 Å². The fourth-order valence-electron chi connectivity index (χ4n) is 2.19. The molecule has 0 saturated carbocycles. The van der Waals surface area contributed by atoms with Gasteiger partial charge in [-0.05, 0) is 42.3 Å². The minimum atomic E-state index is -1.04. The van der Waals surface area contributed by atoms with E-state index in [2.05, 4.69) is 0 Å². The summed E-state index contributed by atoms with van der Waals surface area (Å²) in [5.74, 6) is -0.810. The Morgan fingerprint density at radius 3 is 2.15 bits per heavy atom. The van der Waals surface area contributed by atoms with E-state index in [1.165, 1.54) is 24.3 Å². The Kier molecular flexibility index (Phi) is 4.41. The highest BCUT2D eigenvalue weighted by atomic mass is 35.5. The number of halogens is 3. The van der Waals surface area contributed by atoms with Crippen molar-refractivity contribution in [3.63, 3.8) is 0 Å². The standard InChI is InChI=1S/C16H15ClF2O/c1-16(20,9-11-2-5-13(18)6-3-11)10-12-4-7-14(17)15(19)8-12/h2-8,20H,9-10H2,1H3. The molecule has 1 nitrogen and oxygen atoms in total. The monoisotopic (exact) mass is 296 g/mol. The third-order valence-electron chi connectivity index (χ3n) is 3.07. The first-order valence-electron chi connectivity index (χ1n) is 6.26. The third-order valence-corrected chi connectivity index (χ3v) is 3.37. The van der Waals surface area contributed by atoms with Gasteiger partial charge in [0.15, 0.2) is 0 Å². The predicted octanol–water partition coefficient (Wildman–Crippen LogP) is 4.15. The van der Waals surface area contributed by atoms with Crippen LogP contribution in [0.25, 0.3) is 0 Å². The zero-order chi connectivity index (χ0) is 14.8. The molecule has 106 valence electrons. The first-order valence-corrected chi connectivity index (χ1v) is 6.64. The molecule has 0 radical (unpaired) electrons. The summed E-state index contributed by atoms with van der Waals surface area (Å²) in [7, 11) is 0. The van der Waals surface area contributed by atoms with Crippen LogP contribution in [0.3, 0.4) is 0 Å². The molecule has 2 rings (SSSR count). The van der Waals surface area contributed by atoms with Gasteiger partial charge in [-0.25, -0.2) is 8.78 Å². The average molecular weight is 297 g/mol. The van der Waals surface area contributed by atoms with Crippen molar-refractivity contribution >= 4 is 11.6 Å². The lowest BCUT2D eigenvalue weighted by Gasteiger charge is -2.23. The number of benzene rings is 2. The van der Waals surface area contributed by atoms with Crippen molar-refractivity contribution in [2.45, 2.75) is 25.4 Å². The fraction of sp³-hybridized carbons (Fsp3) is 0.250. The van der Waals surface area contributed by atoms with Crippen molar-refractivity contribution in [1.82, 2.24) is 0 Å². The van der Waals surface area contributed by atoms with E-state index in [0.29, 0.717) is 18.4 Å². The van der Waals surface area contributed by atoms with E-state index >= 15 is 0 Å². The van der Waals surface area contributed by atoms with Crippen LogP contribution in [0.4, 0.5) is 8.78 Å². The molecule has 4 heteroatoms. The van der Waals surface area contributed by atoms with Gasteiger partial charge in [0.1, 0.15) is 11.6 Å². The molecule has 0 amide bonds. The van der Waals surface area contributed by atoms with Gasteiger partial charge in [-0.1, -0.05) is 29.8 Å². The number of hydrogen-bond donors (Lipinski definition) is 1. The lowest BCUT2D eigenvalue weighted by atomic mass is 9.90. The molecule has 0 aromatic heterocycles. The van der Waals surface area contributed by atoms with Gasteiger partial charge < -0.3 is 5.11 Å². The maximum absolute atomic E-state index is 13.4. The van der Waals surface area contributed by atoms with Gasteiger partial charge in [0.05, 0.1) is 10.6 Å². The molecular weight excluding hydrogens is 282 g/mol. The Bertz CT molecular complexity index is 594. The molecule has 0 aliphatic heterocycles. The molecular formula is C16H15ClF2O. The Morgan fingerprint density at radius 2 is 1.55 bits per heavy atom. The highest BCUT2D eigenvalue weighted by molar-refractivity contribution is 6.30. The molecule has 0 aliphatic rings. The highest BCUT2D eigenvalue weighted by Crippen LogP contribution is 2.22. The molecule has 0 fully saturated rings. The van der Waals surface area contributed by atoms with Crippen LogP contribution >= 0.6 is 11.6 Å². The lowest BCUT2D eigenvalue weighted by Crippen LogP contribution is -2.30. The minimum absolute atomic E-state index is 0.0620. The van der Waals surface area contributed by atoms with E-state index in [-0.39, 0.29) is 10.8 Å². The molecule has 0 bridgehead atoms. The Morgan fingerprint density at radius 1 is 1.00 bits per heavy atom. The molecule has 0 saturated heterocycles. The summed E-state index contributed by atoms with van der Waals surface area (Å²) in [5.41, 5.74) is 0.447. The molecule has 0 spiro atoms. The highest BCUT2D eigenvalue weighted by Gasteiger charge is 2.22. The van der Waals surface area contributed by atoms with Crippen molar-refractivity contribution in [1.29, 1.82) is 0 Å². The van der Waals surface area contributed by atoms with Crippen molar-refractivity contribution in [2.24, 2.45) is 0 Å². The molecule has 1 atom stereocenters. The second kappa shape index (κ2) is 5.90. The summed E-state index contributed by atoms with van der Waals surface area (Å²) in [6, 6.07) is 10.4. The molecule has 2 aromatic carbocycles. The van der Waals surface area contributed by atoms with E-state index in [4.69, 9.17) is 11.6 Å². The first-order chi connectivity index (χ1) is 9.35. The second-order valence-electron chi connectivity index (χ2n) is 5.23. The fourth-order valence-corrected chi connectivity index (χ4v) is 2.31. The minimum Gasteiger partial charge on any atom is -0.389 e. The quantitative estimate of drug-likeness (QED) is 0.898. The SMILES string of the molecule is CC(O)(Cc1ccc(F)cc1)Cc1ccc(Cl)c(F)c1. The van der Waals surface area contributed by atoms with Crippen molar-refractivity contribution in [3.8, 4) is 0 Å². The van der Waals surface area contributed by atoms with Gasteiger partial charge in [-0.3, -0.25) is 0 Å². The Hall–Kier alpha value is -1.45. The number of hydrogen-bond acceptors (Lipinski definition) is 1. The van der Waals surface area contributed by atoms with E-state index in [1.54, 1.807) is 25.1 Å². The summed E-state index contributed by atoms with van der Waals surface area (Å²) in [5, 5.41) is 10.5. The van der Waals surface area contributed by atoms with E-state index in [0.717, 1.165) is 5.56 Å². The van der Waals surface area contributed by atoms with Gasteiger partial charge in [0.2, 0.25) is 0 Å². The van der Waals surface area contributed by atoms with Gasteiger partial charge in [-0.2, -0.15) is 0 Å². The van der Waals surface area contributed by atoms with Crippen LogP contribution in [0.5, 0.6) is 0 Å². The lowest BCUT2D eigenvalue weighted by molar-refractivity contribution is 0.0607. The van der Waals surface area contributed by atoms with Crippen LogP contribution in [0.2, 0.25) is 5.02 Å². The first kappa shape index (κ1) is 14.9. The summed E-state index contributed by atoms with van der Waals surface area (Å²) in [6.45, 7) is 1.67. The number of aliphatic hydroxyl groups is 1. The Labute approximate surface area is 121 Å². The molecule has 0 heterocycles. The largest absolute Gasteiger partial charge is 0.389 e. The maximum atomic E-state index is 13.4. The topological polar surface area (TPSA) is 20.2 Å². The van der Waals surface area contributed by atoms with Gasteiger partial charge in [-0.15, -0.1) is 0 Å². The summed E-state index contributed by atoms with van der Waals surface area (Å²) in [4.78, 5) is 0. The third kappa shape index (κ3) is 4.02. The van der Waals surface area contributed by atoms with Crippen LogP contribution in [-0.2, 0) is 12.8 Å². The zero-order valence-electron chi connectivity index (χ0n) is 11.0. The van der Waals surface area contributed by atoms with Gasteiger partial charge in [0, 0.05) is 12.8 Å². The summed E-state index contributed by atoms with van der Waals surface area (Å²) >= 11 is 5.62. The van der Waals surface area contributed by atoms with E-state index in [9.17, 15) is 13.9 Å². The second-order valence-corrected chi connectivity index (χ2v) is 5.63. The van der Waals surface area contributed by atoms with Crippen LogP contribution in [0.1, 0.15) is 18.1 Å². The molecule has 2 aromatic rings. The summed E-state index contributed by atoms with van der Waals surface area (Å²) < 4.78 is 26.2. The zero-order valence-corrected chi connectivity index (χ0v) is 11.8.